The van der Waals surface area contributed by atoms with E-state index < -0.39 is 17.2 Å². The standard InChI is InChI=1S/C56H53N7O5/c1-2-3-4-5-6-7-8-9-10-13-21-37-30-32-38(33-31-37)58-54-60-55(62-56(67)61-54)59-40-23-20-22-39(36-40)57-45-34-35-46-49-47(43-28-18-19-29-44(43)51(64)48(45)49)50(53(66)68-42-26-16-12-17-27-42)52(65)63(46)41-24-14-11-15-25-41/h11-12,14-20,22-36,57H,2-10,13,21H2,1H3,(H3,58,59,60,61,62,67). The van der Waals surface area contributed by atoms with Crippen molar-refractivity contribution in [3.05, 3.63) is 189 Å². The molecule has 0 radical (unpaired) electrons. The van der Waals surface area contributed by atoms with E-state index in [2.05, 4.69) is 50.0 Å². The summed E-state index contributed by atoms with van der Waals surface area (Å²) in [6.07, 6.45) is 14.1. The summed E-state index contributed by atoms with van der Waals surface area (Å²) in [5.74, 6) is -0.535. The van der Waals surface area contributed by atoms with Crippen molar-refractivity contribution in [2.24, 2.45) is 0 Å². The minimum Gasteiger partial charge on any atom is -0.423 e. The Kier molecular flexibility index (Phi) is 13.9. The molecule has 12 heteroatoms. The van der Waals surface area contributed by atoms with Gasteiger partial charge in [0.1, 0.15) is 11.3 Å². The third-order valence-electron chi connectivity index (χ3n) is 12.3. The average molecular weight is 904 g/mol. The summed E-state index contributed by atoms with van der Waals surface area (Å²) in [5, 5.41) is 10.2. The lowest BCUT2D eigenvalue weighted by molar-refractivity contribution is 0.0733. The first kappa shape index (κ1) is 45.1. The highest BCUT2D eigenvalue weighted by molar-refractivity contribution is 6.30. The monoisotopic (exact) mass is 903 g/mol. The van der Waals surface area contributed by atoms with Crippen molar-refractivity contribution >= 4 is 57.3 Å². The van der Waals surface area contributed by atoms with Crippen LogP contribution in [0.4, 0.5) is 34.6 Å². The molecule has 8 aromatic rings. The van der Waals surface area contributed by atoms with Crippen LogP contribution in [0.1, 0.15) is 103 Å². The number of unbranched alkanes of at least 4 members (excludes halogenated alkanes) is 9. The molecule has 0 saturated carbocycles. The van der Waals surface area contributed by atoms with Gasteiger partial charge in [-0.15, -0.1) is 0 Å². The molecular formula is C56H53N7O5. The number of hydrogen-bond acceptors (Lipinski definition) is 10. The van der Waals surface area contributed by atoms with Gasteiger partial charge < -0.3 is 20.7 Å². The summed E-state index contributed by atoms with van der Waals surface area (Å²) < 4.78 is 7.30. The number of para-hydroxylation sites is 2. The maximum absolute atomic E-state index is 14.7. The lowest BCUT2D eigenvalue weighted by atomic mass is 9.81. The van der Waals surface area contributed by atoms with E-state index in [1.807, 2.05) is 42.5 Å². The fourth-order valence-corrected chi connectivity index (χ4v) is 8.96. The van der Waals surface area contributed by atoms with Crippen LogP contribution in [0.2, 0.25) is 0 Å². The number of anilines is 6. The van der Waals surface area contributed by atoms with E-state index in [9.17, 15) is 19.2 Å². The Balaban J connectivity index is 0.960. The molecule has 6 aromatic carbocycles. The summed E-state index contributed by atoms with van der Waals surface area (Å²) in [4.78, 5) is 67.8. The minimum atomic E-state index is -0.844. The quantitative estimate of drug-likeness (QED) is 0.0329. The number of esters is 1. The van der Waals surface area contributed by atoms with Gasteiger partial charge in [0.05, 0.1) is 16.8 Å². The van der Waals surface area contributed by atoms with Crippen molar-refractivity contribution < 1.29 is 14.3 Å². The first-order chi connectivity index (χ1) is 33.3. The third kappa shape index (κ3) is 10.1. The van der Waals surface area contributed by atoms with E-state index in [1.54, 1.807) is 91.0 Å². The number of nitrogens with one attached hydrogen (secondary N) is 4. The molecule has 0 fully saturated rings. The van der Waals surface area contributed by atoms with Crippen molar-refractivity contribution in [2.45, 2.75) is 77.6 Å². The number of hydrogen-bond donors (Lipinski definition) is 4. The second kappa shape index (κ2) is 21.0. The summed E-state index contributed by atoms with van der Waals surface area (Å²) >= 11 is 0. The van der Waals surface area contributed by atoms with E-state index in [0.29, 0.717) is 50.3 Å². The molecule has 9 rings (SSSR count). The van der Waals surface area contributed by atoms with E-state index in [-0.39, 0.29) is 34.6 Å². The van der Waals surface area contributed by atoms with Crippen LogP contribution in [-0.2, 0) is 6.42 Å². The molecule has 0 spiro atoms. The highest BCUT2D eigenvalue weighted by atomic mass is 16.5. The zero-order chi connectivity index (χ0) is 46.8. The lowest BCUT2D eigenvalue weighted by Gasteiger charge is -2.26. The number of nitrogens with zero attached hydrogens (tertiary/aromatic N) is 3. The van der Waals surface area contributed by atoms with Gasteiger partial charge in [-0.2, -0.15) is 9.97 Å². The Bertz CT molecular complexity index is 3200. The normalized spacial score (nSPS) is 11.6. The number of rotatable bonds is 20. The number of fused-ring (bicyclic) bond motifs is 2. The summed E-state index contributed by atoms with van der Waals surface area (Å²) in [6, 6.07) is 43.5. The largest absolute Gasteiger partial charge is 0.423 e. The molecule has 2 aromatic heterocycles. The number of ether oxygens (including phenoxy) is 1. The molecule has 342 valence electrons. The number of carbonyl (C=O) groups excluding carboxylic acids is 2. The maximum Gasteiger partial charge on any atom is 0.351 e. The van der Waals surface area contributed by atoms with Crippen molar-refractivity contribution in [1.29, 1.82) is 0 Å². The zero-order valence-corrected chi connectivity index (χ0v) is 38.0. The lowest BCUT2D eigenvalue weighted by Crippen LogP contribution is -2.31. The SMILES string of the molecule is CCCCCCCCCCCCc1ccc(Nc2nc(Nc3cccc(Nc4ccc5c6c4C(=O)c4ccccc4-c6c(C(=O)Oc4ccccc4)c(=O)n5-c4ccccc4)c3)[nH]c(=O)n2)cc1. The van der Waals surface area contributed by atoms with Gasteiger partial charge in [-0.3, -0.25) is 19.1 Å². The van der Waals surface area contributed by atoms with E-state index in [0.717, 1.165) is 18.5 Å². The van der Waals surface area contributed by atoms with Crippen LogP contribution in [-0.4, -0.2) is 31.3 Å². The zero-order valence-electron chi connectivity index (χ0n) is 38.0. The first-order valence-electron chi connectivity index (χ1n) is 23.6. The predicted octanol–water partition coefficient (Wildman–Crippen LogP) is 12.6. The molecule has 68 heavy (non-hydrogen) atoms. The number of aromatic amines is 1. The topological polar surface area (TPSA) is 160 Å². The van der Waals surface area contributed by atoms with Crippen LogP contribution in [0, 0.1) is 0 Å². The fourth-order valence-electron chi connectivity index (χ4n) is 8.96. The van der Waals surface area contributed by atoms with Crippen molar-refractivity contribution in [3.8, 4) is 22.6 Å². The van der Waals surface area contributed by atoms with Gasteiger partial charge in [0, 0.05) is 39.3 Å². The summed E-state index contributed by atoms with van der Waals surface area (Å²) in [6.45, 7) is 2.26. The Labute approximate surface area is 394 Å². The van der Waals surface area contributed by atoms with Gasteiger partial charge in [-0.05, 0) is 90.7 Å². The van der Waals surface area contributed by atoms with Gasteiger partial charge in [0.25, 0.3) is 5.56 Å². The number of aryl methyl sites for hydroxylation is 1. The molecule has 1 aliphatic rings. The van der Waals surface area contributed by atoms with Gasteiger partial charge in [0.15, 0.2) is 5.78 Å². The third-order valence-corrected chi connectivity index (χ3v) is 12.3. The van der Waals surface area contributed by atoms with Crippen LogP contribution < -0.4 is 31.9 Å². The molecule has 0 amide bonds. The maximum atomic E-state index is 14.7. The number of carbonyl (C=O) groups is 2. The van der Waals surface area contributed by atoms with Crippen molar-refractivity contribution in [2.75, 3.05) is 16.0 Å². The molecular weight excluding hydrogens is 851 g/mol. The van der Waals surface area contributed by atoms with Crippen LogP contribution >= 0.6 is 0 Å². The second-order valence-corrected chi connectivity index (χ2v) is 17.1. The second-order valence-electron chi connectivity index (χ2n) is 17.1. The van der Waals surface area contributed by atoms with Gasteiger partial charge in [-0.1, -0.05) is 144 Å². The van der Waals surface area contributed by atoms with Crippen LogP contribution in [0.5, 0.6) is 5.75 Å². The number of benzene rings is 6. The summed E-state index contributed by atoms with van der Waals surface area (Å²) in [5.41, 5.74) is 4.68. The molecule has 0 aliphatic heterocycles. The molecule has 12 nitrogen and oxygen atoms in total. The molecule has 4 N–H and O–H groups in total. The van der Waals surface area contributed by atoms with Crippen LogP contribution in [0.3, 0.4) is 0 Å². The van der Waals surface area contributed by atoms with Gasteiger partial charge >= 0.3 is 11.7 Å². The molecule has 0 atom stereocenters. The van der Waals surface area contributed by atoms with Crippen molar-refractivity contribution in [3.63, 3.8) is 0 Å². The van der Waals surface area contributed by atoms with E-state index >= 15 is 0 Å². The average Bonchev–Trinajstić information content (AvgIpc) is 3.35. The minimum absolute atomic E-state index is 0.138. The van der Waals surface area contributed by atoms with E-state index in [4.69, 9.17) is 4.74 Å². The molecule has 0 unspecified atom stereocenters. The number of aromatic nitrogens is 4. The highest BCUT2D eigenvalue weighted by Gasteiger charge is 2.35. The van der Waals surface area contributed by atoms with Gasteiger partial charge in [0.2, 0.25) is 11.9 Å². The fraction of sp³-hybridized carbons (Fsp3) is 0.214. The Morgan fingerprint density at radius 2 is 1.25 bits per heavy atom. The molecule has 0 bridgehead atoms. The number of pyridine rings is 1. The first-order valence-corrected chi connectivity index (χ1v) is 23.6. The molecule has 2 heterocycles. The predicted molar refractivity (Wildman–Crippen MR) is 271 cm³/mol. The van der Waals surface area contributed by atoms with Gasteiger partial charge in [-0.25, -0.2) is 9.59 Å². The molecule has 0 saturated heterocycles. The smallest absolute Gasteiger partial charge is 0.351 e. The van der Waals surface area contributed by atoms with Crippen LogP contribution in [0.15, 0.2) is 155 Å². The Morgan fingerprint density at radius 1 is 0.603 bits per heavy atom. The Hall–Kier alpha value is -8.12. The van der Waals surface area contributed by atoms with Crippen molar-refractivity contribution in [1.82, 2.24) is 19.5 Å². The number of ketones is 1. The van der Waals surface area contributed by atoms with Crippen LogP contribution in [0.25, 0.3) is 27.7 Å². The molecule has 1 aliphatic carbocycles. The number of H-pyrrole nitrogens is 1. The highest BCUT2D eigenvalue weighted by Crippen LogP contribution is 2.44. The summed E-state index contributed by atoms with van der Waals surface area (Å²) in [7, 11) is 0. The Morgan fingerprint density at radius 3 is 1.97 bits per heavy atom. The van der Waals surface area contributed by atoms with E-state index in [1.165, 1.54) is 67.9 Å².